The molecule has 2 N–H and O–H groups in total. The lowest BCUT2D eigenvalue weighted by molar-refractivity contribution is -0.187. The molecule has 8 heteroatoms. The Morgan fingerprint density at radius 2 is 0.610 bits per heavy atom. The summed E-state index contributed by atoms with van der Waals surface area (Å²) in [6, 6.07) is 0. The van der Waals surface area contributed by atoms with Crippen LogP contribution in [-0.4, -0.2) is 46.3 Å². The Bertz CT molecular complexity index is 942. The molecular formula is C51H96O8. The van der Waals surface area contributed by atoms with Crippen LogP contribution in [0.2, 0.25) is 0 Å². The molecule has 0 saturated carbocycles. The number of carboxylic acids is 2. The van der Waals surface area contributed by atoms with Crippen LogP contribution in [0.4, 0.5) is 0 Å². The molecule has 0 saturated heterocycles. The van der Waals surface area contributed by atoms with Crippen molar-refractivity contribution in [2.75, 3.05) is 0 Å². The van der Waals surface area contributed by atoms with Gasteiger partial charge in [0, 0.05) is 19.3 Å². The van der Waals surface area contributed by atoms with Gasteiger partial charge in [-0.25, -0.2) is 0 Å². The second-order valence-corrected chi connectivity index (χ2v) is 18.0. The van der Waals surface area contributed by atoms with Crippen molar-refractivity contribution in [2.45, 2.75) is 297 Å². The smallest absolute Gasteiger partial charge is 0.317 e. The van der Waals surface area contributed by atoms with Gasteiger partial charge in [0.2, 0.25) is 0 Å². The van der Waals surface area contributed by atoms with Crippen LogP contribution in [0.1, 0.15) is 285 Å². The minimum Gasteiger partial charge on any atom is -0.481 e. The first-order chi connectivity index (χ1) is 28.6. The first-order valence-electron chi connectivity index (χ1n) is 25.5. The summed E-state index contributed by atoms with van der Waals surface area (Å²) in [6.07, 6.45) is 40.7. The second kappa shape index (κ2) is 41.2. The summed E-state index contributed by atoms with van der Waals surface area (Å²) in [6.45, 7) is 7.81. The summed E-state index contributed by atoms with van der Waals surface area (Å²) in [4.78, 5) is 50.0. The third kappa shape index (κ3) is 33.2. The molecular weight excluding hydrogens is 741 g/mol. The van der Waals surface area contributed by atoms with Gasteiger partial charge in [-0.2, -0.15) is 0 Å². The number of hydrogen-bond acceptors (Lipinski definition) is 6. The Hall–Kier alpha value is -2.12. The molecule has 0 radical (unpaired) electrons. The molecule has 0 aromatic heterocycles. The van der Waals surface area contributed by atoms with Crippen LogP contribution in [0.3, 0.4) is 0 Å². The average molecular weight is 837 g/mol. The van der Waals surface area contributed by atoms with Crippen LogP contribution in [0.5, 0.6) is 0 Å². The highest BCUT2D eigenvalue weighted by Crippen LogP contribution is 2.38. The van der Waals surface area contributed by atoms with Crippen molar-refractivity contribution >= 4 is 23.9 Å². The van der Waals surface area contributed by atoms with Gasteiger partial charge in [-0.15, -0.1) is 0 Å². The van der Waals surface area contributed by atoms with Crippen LogP contribution < -0.4 is 0 Å². The Balaban J connectivity index is 4.74. The van der Waals surface area contributed by atoms with Gasteiger partial charge in [0.25, 0.3) is 0 Å². The van der Waals surface area contributed by atoms with Gasteiger partial charge in [-0.05, 0) is 39.5 Å². The fraction of sp³-hybridized carbons (Fsp3) is 0.922. The fourth-order valence-electron chi connectivity index (χ4n) is 8.60. The van der Waals surface area contributed by atoms with Gasteiger partial charge in [-0.1, -0.05) is 226 Å². The van der Waals surface area contributed by atoms with E-state index in [0.29, 0.717) is 12.8 Å². The molecule has 0 aromatic rings. The summed E-state index contributed by atoms with van der Waals surface area (Å²) in [5.41, 5.74) is -1.56. The number of rotatable bonds is 46. The maximum absolute atomic E-state index is 13.1. The largest absolute Gasteiger partial charge is 0.481 e. The molecule has 0 fully saturated rings. The van der Waals surface area contributed by atoms with Crippen LogP contribution in [-0.2, 0) is 28.7 Å². The highest BCUT2D eigenvalue weighted by molar-refractivity contribution is 5.78. The normalized spacial score (nSPS) is 13.5. The van der Waals surface area contributed by atoms with Gasteiger partial charge >= 0.3 is 23.9 Å². The van der Waals surface area contributed by atoms with E-state index in [1.807, 2.05) is 0 Å². The van der Waals surface area contributed by atoms with Gasteiger partial charge in [0.1, 0.15) is 17.6 Å². The Morgan fingerprint density at radius 1 is 0.373 bits per heavy atom. The molecule has 2 atom stereocenters. The molecule has 59 heavy (non-hydrogen) atoms. The molecule has 0 rings (SSSR count). The van der Waals surface area contributed by atoms with Crippen molar-refractivity contribution in [1.82, 2.24) is 0 Å². The summed E-state index contributed by atoms with van der Waals surface area (Å²) >= 11 is 0. The zero-order chi connectivity index (χ0) is 43.7. The molecule has 0 heterocycles. The average Bonchev–Trinajstić information content (AvgIpc) is 3.19. The molecule has 0 aliphatic heterocycles. The molecule has 0 aliphatic carbocycles. The number of carboxylic acid groups (broad SMARTS) is 2. The minimum atomic E-state index is -1.56. The van der Waals surface area contributed by atoms with Crippen molar-refractivity contribution in [3.8, 4) is 0 Å². The molecule has 0 bridgehead atoms. The van der Waals surface area contributed by atoms with E-state index < -0.39 is 41.5 Å². The maximum Gasteiger partial charge on any atom is 0.317 e. The third-order valence-electron chi connectivity index (χ3n) is 12.7. The van der Waals surface area contributed by atoms with E-state index in [0.717, 1.165) is 64.2 Å². The molecule has 0 spiro atoms. The number of esters is 2. The third-order valence-corrected chi connectivity index (χ3v) is 12.7. The highest BCUT2D eigenvalue weighted by Gasteiger charge is 2.52. The van der Waals surface area contributed by atoms with E-state index in [1.54, 1.807) is 13.8 Å². The minimum absolute atomic E-state index is 0.159. The van der Waals surface area contributed by atoms with E-state index >= 15 is 0 Å². The van der Waals surface area contributed by atoms with Crippen molar-refractivity contribution < 1.29 is 38.9 Å². The van der Waals surface area contributed by atoms with Crippen molar-refractivity contribution in [1.29, 1.82) is 0 Å². The standard InChI is InChI=1S/C51H96O8/c1-5-7-9-11-13-15-17-19-21-23-25-27-29-34-38-42-48(54)58-45(3)51(50(56)57,44-40-36-32-31-33-37-41-47(52)53)46(4)59-49(55)43-39-35-30-28-26-24-22-20-18-16-14-12-10-8-6-2/h45-46H,5-44H2,1-4H3,(H,52,53)(H,56,57). The van der Waals surface area contributed by atoms with E-state index in [9.17, 15) is 24.3 Å². The summed E-state index contributed by atoms with van der Waals surface area (Å²) < 4.78 is 11.7. The Morgan fingerprint density at radius 3 is 0.864 bits per heavy atom. The van der Waals surface area contributed by atoms with Crippen molar-refractivity contribution in [2.24, 2.45) is 5.41 Å². The van der Waals surface area contributed by atoms with Crippen LogP contribution in [0, 0.1) is 5.41 Å². The predicted molar refractivity (Wildman–Crippen MR) is 245 cm³/mol. The lowest BCUT2D eigenvalue weighted by Gasteiger charge is -2.39. The van der Waals surface area contributed by atoms with Gasteiger partial charge < -0.3 is 19.7 Å². The maximum atomic E-state index is 13.1. The van der Waals surface area contributed by atoms with Gasteiger partial charge in [0.15, 0.2) is 0 Å². The van der Waals surface area contributed by atoms with Gasteiger partial charge in [-0.3, -0.25) is 19.2 Å². The molecule has 0 aromatic carbocycles. The predicted octanol–water partition coefficient (Wildman–Crippen LogP) is 15.6. The number of hydrogen-bond donors (Lipinski definition) is 2. The Labute approximate surface area is 363 Å². The highest BCUT2D eigenvalue weighted by atomic mass is 16.6. The quantitative estimate of drug-likeness (QED) is 0.0458. The second-order valence-electron chi connectivity index (χ2n) is 18.0. The molecule has 348 valence electrons. The van der Waals surface area contributed by atoms with E-state index in [2.05, 4.69) is 13.8 Å². The molecule has 0 amide bonds. The van der Waals surface area contributed by atoms with Crippen LogP contribution >= 0.6 is 0 Å². The molecule has 8 nitrogen and oxygen atoms in total. The van der Waals surface area contributed by atoms with Crippen molar-refractivity contribution in [3.05, 3.63) is 0 Å². The number of ether oxygens (including phenoxy) is 2. The topological polar surface area (TPSA) is 127 Å². The number of carbonyl (C=O) groups excluding carboxylic acids is 2. The van der Waals surface area contributed by atoms with E-state index in [4.69, 9.17) is 14.6 Å². The summed E-state index contributed by atoms with van der Waals surface area (Å²) in [7, 11) is 0. The summed E-state index contributed by atoms with van der Waals surface area (Å²) in [5.74, 6) is -2.69. The fourth-order valence-corrected chi connectivity index (χ4v) is 8.60. The lowest BCUT2D eigenvalue weighted by Crippen LogP contribution is -2.52. The lowest BCUT2D eigenvalue weighted by atomic mass is 9.73. The zero-order valence-electron chi connectivity index (χ0n) is 39.3. The van der Waals surface area contributed by atoms with Crippen molar-refractivity contribution in [3.63, 3.8) is 0 Å². The van der Waals surface area contributed by atoms with Crippen LogP contribution in [0.15, 0.2) is 0 Å². The number of carbonyl (C=O) groups is 4. The van der Waals surface area contributed by atoms with E-state index in [1.165, 1.54) is 154 Å². The number of unbranched alkanes of at least 4 members (excludes halogenated alkanes) is 33. The number of aliphatic carboxylic acids is 2. The van der Waals surface area contributed by atoms with Crippen LogP contribution in [0.25, 0.3) is 0 Å². The molecule has 2 unspecified atom stereocenters. The zero-order valence-corrected chi connectivity index (χ0v) is 39.3. The summed E-state index contributed by atoms with van der Waals surface area (Å²) in [5, 5.41) is 19.6. The SMILES string of the molecule is CCCCCCCCCCCCCCCCCC(=O)OC(C)C(CCCCCCCCC(=O)O)(C(=O)O)C(C)OC(=O)CCCCCCCCCCCCCCCCC. The van der Waals surface area contributed by atoms with Gasteiger partial charge in [0.05, 0.1) is 0 Å². The Kier molecular flexibility index (Phi) is 39.8. The monoisotopic (exact) mass is 837 g/mol. The first kappa shape index (κ1) is 56.9. The first-order valence-corrected chi connectivity index (χ1v) is 25.5. The molecule has 0 aliphatic rings. The van der Waals surface area contributed by atoms with E-state index in [-0.39, 0.29) is 25.7 Å².